The molecule has 3 heterocycles. The van der Waals surface area contributed by atoms with Gasteiger partial charge in [-0.2, -0.15) is 10.2 Å². The Bertz CT molecular complexity index is 1300. The molecule has 0 aliphatic carbocycles. The summed E-state index contributed by atoms with van der Waals surface area (Å²) in [6.45, 7) is 8.21. The number of ether oxygens (including phenoxy) is 1. The molecule has 0 aliphatic heterocycles. The van der Waals surface area contributed by atoms with E-state index in [9.17, 15) is 9.59 Å². The number of fused-ring (bicyclic) bond motifs is 1. The Morgan fingerprint density at radius 2 is 1.94 bits per heavy atom. The van der Waals surface area contributed by atoms with Crippen molar-refractivity contribution >= 4 is 33.8 Å². The van der Waals surface area contributed by atoms with Crippen molar-refractivity contribution in [3.05, 3.63) is 58.3 Å². The zero-order chi connectivity index (χ0) is 22.9. The van der Waals surface area contributed by atoms with E-state index in [4.69, 9.17) is 4.74 Å². The van der Waals surface area contributed by atoms with Gasteiger partial charge in [-0.05, 0) is 63.4 Å². The average Bonchev–Trinajstić information content (AvgIpc) is 3.42. The first-order valence-corrected chi connectivity index (χ1v) is 11.2. The second-order valence-electron chi connectivity index (χ2n) is 8.28. The van der Waals surface area contributed by atoms with Crippen LogP contribution in [0, 0.1) is 0 Å². The quantitative estimate of drug-likeness (QED) is 0.476. The van der Waals surface area contributed by atoms with Crippen molar-refractivity contribution in [3.8, 4) is 16.3 Å². The number of nitrogens with zero attached hydrogens (tertiary/aromatic N) is 4. The van der Waals surface area contributed by atoms with Crippen molar-refractivity contribution in [2.24, 2.45) is 0 Å². The van der Waals surface area contributed by atoms with Crippen molar-refractivity contribution in [3.63, 3.8) is 0 Å². The minimum atomic E-state index is -0.405. The summed E-state index contributed by atoms with van der Waals surface area (Å²) in [5.74, 6) is 0.381. The summed E-state index contributed by atoms with van der Waals surface area (Å²) in [5, 5.41) is 14.4. The molecular weight excluding hydrogens is 426 g/mol. The first kappa shape index (κ1) is 21.8. The van der Waals surface area contributed by atoms with Gasteiger partial charge in [0.05, 0.1) is 28.6 Å². The van der Waals surface area contributed by atoms with Gasteiger partial charge in [0, 0.05) is 5.69 Å². The van der Waals surface area contributed by atoms with Gasteiger partial charge in [0.2, 0.25) is 5.91 Å². The molecule has 4 rings (SSSR count). The summed E-state index contributed by atoms with van der Waals surface area (Å²) < 4.78 is 8.33. The molecule has 1 aromatic carbocycles. The Hall–Kier alpha value is -3.46. The zero-order valence-electron chi connectivity index (χ0n) is 18.5. The Morgan fingerprint density at radius 1 is 1.19 bits per heavy atom. The largest absolute Gasteiger partial charge is 0.494 e. The van der Waals surface area contributed by atoms with Gasteiger partial charge in [-0.15, -0.1) is 11.3 Å². The van der Waals surface area contributed by atoms with Crippen molar-refractivity contribution in [1.82, 2.24) is 19.6 Å². The SMILES string of the molecule is CCOc1ccc(NC(=O)Cn2nc(-c3cccs3)c3cnn(C(C)(C)C)c3c2=O)cc1. The molecule has 0 aliphatic rings. The topological polar surface area (TPSA) is 91.0 Å². The molecule has 0 spiro atoms. The molecule has 0 saturated carbocycles. The average molecular weight is 452 g/mol. The van der Waals surface area contributed by atoms with E-state index in [1.165, 1.54) is 16.0 Å². The van der Waals surface area contributed by atoms with E-state index in [1.807, 2.05) is 45.2 Å². The second-order valence-corrected chi connectivity index (χ2v) is 9.23. The van der Waals surface area contributed by atoms with Crippen LogP contribution in [0.1, 0.15) is 27.7 Å². The molecule has 1 N–H and O–H groups in total. The van der Waals surface area contributed by atoms with E-state index in [2.05, 4.69) is 15.5 Å². The predicted molar refractivity (Wildman–Crippen MR) is 126 cm³/mol. The number of hydrogen-bond acceptors (Lipinski definition) is 6. The fourth-order valence-electron chi connectivity index (χ4n) is 3.42. The third-order valence-electron chi connectivity index (χ3n) is 4.81. The van der Waals surface area contributed by atoms with E-state index in [-0.39, 0.29) is 18.0 Å². The maximum atomic E-state index is 13.3. The molecule has 0 bridgehead atoms. The number of hydrogen-bond donors (Lipinski definition) is 1. The molecule has 0 unspecified atom stereocenters. The summed E-state index contributed by atoms with van der Waals surface area (Å²) >= 11 is 1.52. The first-order valence-electron chi connectivity index (χ1n) is 10.3. The Morgan fingerprint density at radius 3 is 2.56 bits per heavy atom. The predicted octanol–water partition coefficient (Wildman–Crippen LogP) is 4.11. The summed E-state index contributed by atoms with van der Waals surface area (Å²) in [6.07, 6.45) is 1.67. The normalized spacial score (nSPS) is 11.6. The van der Waals surface area contributed by atoms with Gasteiger partial charge in [-0.25, -0.2) is 4.68 Å². The van der Waals surface area contributed by atoms with Gasteiger partial charge in [-0.1, -0.05) is 6.07 Å². The van der Waals surface area contributed by atoms with E-state index < -0.39 is 5.54 Å². The number of carbonyl (C=O) groups is 1. The van der Waals surface area contributed by atoms with Crippen LogP contribution in [-0.2, 0) is 16.9 Å². The molecule has 9 heteroatoms. The molecule has 166 valence electrons. The Labute approximate surface area is 189 Å². The van der Waals surface area contributed by atoms with Gasteiger partial charge in [-0.3, -0.25) is 14.3 Å². The lowest BCUT2D eigenvalue weighted by atomic mass is 10.1. The van der Waals surface area contributed by atoms with Crippen molar-refractivity contribution in [2.75, 3.05) is 11.9 Å². The fourth-order valence-corrected chi connectivity index (χ4v) is 4.14. The molecule has 0 fully saturated rings. The lowest BCUT2D eigenvalue weighted by Gasteiger charge is -2.20. The summed E-state index contributed by atoms with van der Waals surface area (Å²) in [7, 11) is 0. The molecule has 0 atom stereocenters. The van der Waals surface area contributed by atoms with Crippen LogP contribution < -0.4 is 15.6 Å². The minimum absolute atomic E-state index is 0.213. The highest BCUT2D eigenvalue weighted by molar-refractivity contribution is 7.13. The van der Waals surface area contributed by atoms with Crippen LogP contribution in [0.2, 0.25) is 0 Å². The molecule has 0 radical (unpaired) electrons. The maximum Gasteiger partial charge on any atom is 0.293 e. The van der Waals surface area contributed by atoms with Crippen LogP contribution in [0.4, 0.5) is 5.69 Å². The van der Waals surface area contributed by atoms with E-state index in [0.29, 0.717) is 28.9 Å². The number of benzene rings is 1. The molecular formula is C23H25N5O3S. The molecule has 32 heavy (non-hydrogen) atoms. The number of aromatic nitrogens is 4. The number of rotatable bonds is 6. The molecule has 0 saturated heterocycles. The third-order valence-corrected chi connectivity index (χ3v) is 5.69. The van der Waals surface area contributed by atoms with E-state index in [1.54, 1.807) is 35.1 Å². The number of carbonyl (C=O) groups excluding carboxylic acids is 1. The third kappa shape index (κ3) is 4.29. The molecule has 3 aromatic heterocycles. The van der Waals surface area contributed by atoms with Crippen LogP contribution in [0.25, 0.3) is 21.5 Å². The van der Waals surface area contributed by atoms with E-state index >= 15 is 0 Å². The summed E-state index contributed by atoms with van der Waals surface area (Å²) in [6, 6.07) is 11.0. The number of thiophene rings is 1. The van der Waals surface area contributed by atoms with Crippen LogP contribution in [0.5, 0.6) is 5.75 Å². The van der Waals surface area contributed by atoms with Crippen LogP contribution in [-0.4, -0.2) is 32.1 Å². The second kappa shape index (κ2) is 8.58. The van der Waals surface area contributed by atoms with Gasteiger partial charge < -0.3 is 10.1 Å². The van der Waals surface area contributed by atoms with Gasteiger partial charge >= 0.3 is 0 Å². The zero-order valence-corrected chi connectivity index (χ0v) is 19.3. The summed E-state index contributed by atoms with van der Waals surface area (Å²) in [5.41, 5.74) is 0.932. The highest BCUT2D eigenvalue weighted by Gasteiger charge is 2.24. The van der Waals surface area contributed by atoms with Crippen LogP contribution >= 0.6 is 11.3 Å². The van der Waals surface area contributed by atoms with Crippen molar-refractivity contribution in [1.29, 1.82) is 0 Å². The van der Waals surface area contributed by atoms with E-state index in [0.717, 1.165) is 10.6 Å². The lowest BCUT2D eigenvalue weighted by molar-refractivity contribution is -0.117. The van der Waals surface area contributed by atoms with Crippen LogP contribution in [0.15, 0.2) is 52.8 Å². The summed E-state index contributed by atoms with van der Waals surface area (Å²) in [4.78, 5) is 27.0. The number of amides is 1. The van der Waals surface area contributed by atoms with Gasteiger partial charge in [0.15, 0.2) is 0 Å². The molecule has 1 amide bonds. The maximum absolute atomic E-state index is 13.3. The van der Waals surface area contributed by atoms with Crippen molar-refractivity contribution in [2.45, 2.75) is 39.8 Å². The fraction of sp³-hybridized carbons (Fsp3) is 0.304. The highest BCUT2D eigenvalue weighted by atomic mass is 32.1. The highest BCUT2D eigenvalue weighted by Crippen LogP contribution is 2.30. The monoisotopic (exact) mass is 451 g/mol. The van der Waals surface area contributed by atoms with Gasteiger partial charge in [0.25, 0.3) is 5.56 Å². The smallest absolute Gasteiger partial charge is 0.293 e. The standard InChI is InChI=1S/C23H25N5O3S/c1-5-31-16-10-8-15(9-11-16)25-19(29)14-27-22(30)21-17(13-24-28(21)23(2,3)4)20(26-27)18-7-6-12-32-18/h6-13H,5,14H2,1-4H3,(H,25,29). The molecule has 8 nitrogen and oxygen atoms in total. The molecule has 4 aromatic rings. The number of anilines is 1. The lowest BCUT2D eigenvalue weighted by Crippen LogP contribution is -2.33. The number of nitrogens with one attached hydrogen (secondary N) is 1. The first-order chi connectivity index (χ1) is 15.3. The Kier molecular flexibility index (Phi) is 5.84. The van der Waals surface area contributed by atoms with Gasteiger partial charge in [0.1, 0.15) is 23.5 Å². The van der Waals surface area contributed by atoms with Crippen LogP contribution in [0.3, 0.4) is 0 Å². The van der Waals surface area contributed by atoms with Crippen molar-refractivity contribution < 1.29 is 9.53 Å². The Balaban J connectivity index is 1.71. The minimum Gasteiger partial charge on any atom is -0.494 e.